The molecule has 0 spiro atoms. The molecule has 0 bridgehead atoms. The zero-order valence-corrected chi connectivity index (χ0v) is 9.92. The predicted molar refractivity (Wildman–Crippen MR) is 66.4 cm³/mol. The van der Waals surface area contributed by atoms with Gasteiger partial charge in [0, 0.05) is 18.7 Å². The molecule has 0 saturated carbocycles. The fourth-order valence-corrected chi connectivity index (χ4v) is 1.58. The second kappa shape index (κ2) is 5.94. The average molecular weight is 253 g/mol. The van der Waals surface area contributed by atoms with Gasteiger partial charge in [0.2, 0.25) is 5.91 Å². The van der Waals surface area contributed by atoms with Crippen molar-refractivity contribution in [3.05, 3.63) is 33.9 Å². The van der Waals surface area contributed by atoms with E-state index in [1.54, 1.807) is 11.9 Å². The third-order valence-electron chi connectivity index (χ3n) is 2.32. The minimum absolute atomic E-state index is 0.0310. The van der Waals surface area contributed by atoms with Crippen LogP contribution in [0.2, 0.25) is 0 Å². The molecular formula is C10H15N5O3. The fourth-order valence-electron chi connectivity index (χ4n) is 1.58. The minimum Gasteiger partial charge on any atom is -0.369 e. The van der Waals surface area contributed by atoms with Crippen molar-refractivity contribution in [1.82, 2.24) is 4.90 Å². The summed E-state index contributed by atoms with van der Waals surface area (Å²) in [7, 11) is 1.68. The van der Waals surface area contributed by atoms with Crippen LogP contribution in [0.1, 0.15) is 5.56 Å². The van der Waals surface area contributed by atoms with E-state index in [0.29, 0.717) is 17.8 Å². The second-order valence-corrected chi connectivity index (χ2v) is 3.88. The average Bonchev–Trinajstić information content (AvgIpc) is 2.27. The van der Waals surface area contributed by atoms with Crippen molar-refractivity contribution in [3.63, 3.8) is 0 Å². The van der Waals surface area contributed by atoms with Crippen LogP contribution in [0, 0.1) is 10.1 Å². The van der Waals surface area contributed by atoms with E-state index in [-0.39, 0.29) is 12.2 Å². The molecule has 0 heterocycles. The zero-order valence-electron chi connectivity index (χ0n) is 9.92. The summed E-state index contributed by atoms with van der Waals surface area (Å²) in [5.74, 6) is 4.86. The van der Waals surface area contributed by atoms with Gasteiger partial charge < -0.3 is 11.2 Å². The third-order valence-corrected chi connectivity index (χ3v) is 2.32. The van der Waals surface area contributed by atoms with Gasteiger partial charge in [-0.25, -0.2) is 0 Å². The molecule has 98 valence electrons. The largest absolute Gasteiger partial charge is 0.369 e. The zero-order chi connectivity index (χ0) is 13.7. The number of hydrogen-bond donors (Lipinski definition) is 3. The van der Waals surface area contributed by atoms with Gasteiger partial charge in [0.1, 0.15) is 0 Å². The highest BCUT2D eigenvalue weighted by atomic mass is 16.6. The van der Waals surface area contributed by atoms with Crippen LogP contribution in [0.5, 0.6) is 0 Å². The van der Waals surface area contributed by atoms with E-state index in [1.165, 1.54) is 18.2 Å². The minimum atomic E-state index is -0.488. The molecule has 0 aliphatic rings. The van der Waals surface area contributed by atoms with E-state index in [4.69, 9.17) is 11.6 Å². The maximum Gasteiger partial charge on any atom is 0.269 e. The second-order valence-electron chi connectivity index (χ2n) is 3.88. The molecule has 0 aliphatic carbocycles. The number of nitro groups is 1. The van der Waals surface area contributed by atoms with Gasteiger partial charge in [-0.1, -0.05) is 0 Å². The number of rotatable bonds is 6. The number of likely N-dealkylation sites (N-methyl/N-ethyl adjacent to an activating group) is 1. The quantitative estimate of drug-likeness (QED) is 0.366. The Morgan fingerprint density at radius 1 is 1.56 bits per heavy atom. The van der Waals surface area contributed by atoms with Gasteiger partial charge in [-0.15, -0.1) is 0 Å². The van der Waals surface area contributed by atoms with Crippen molar-refractivity contribution >= 4 is 17.3 Å². The number of amides is 1. The van der Waals surface area contributed by atoms with Gasteiger partial charge in [-0.05, 0) is 18.7 Å². The Bertz CT molecular complexity index is 463. The van der Waals surface area contributed by atoms with Gasteiger partial charge in [-0.3, -0.25) is 25.7 Å². The topological polar surface area (TPSA) is 128 Å². The number of nitrogens with zero attached hydrogens (tertiary/aromatic N) is 2. The summed E-state index contributed by atoms with van der Waals surface area (Å²) in [6.45, 7) is 0.386. The summed E-state index contributed by atoms with van der Waals surface area (Å²) >= 11 is 0. The first-order chi connectivity index (χ1) is 8.43. The van der Waals surface area contributed by atoms with Gasteiger partial charge in [0.15, 0.2) is 0 Å². The van der Waals surface area contributed by atoms with Crippen LogP contribution in [-0.2, 0) is 11.3 Å². The van der Waals surface area contributed by atoms with E-state index in [9.17, 15) is 14.9 Å². The molecule has 1 aromatic rings. The number of primary amides is 1. The lowest BCUT2D eigenvalue weighted by molar-refractivity contribution is -0.384. The molecule has 0 unspecified atom stereocenters. The van der Waals surface area contributed by atoms with E-state index in [2.05, 4.69) is 5.43 Å². The summed E-state index contributed by atoms with van der Waals surface area (Å²) in [5.41, 5.74) is 8.68. The van der Waals surface area contributed by atoms with Gasteiger partial charge in [-0.2, -0.15) is 0 Å². The third kappa shape index (κ3) is 3.68. The summed E-state index contributed by atoms with van der Waals surface area (Å²) in [6, 6.07) is 4.28. The van der Waals surface area contributed by atoms with Crippen LogP contribution >= 0.6 is 0 Å². The molecular weight excluding hydrogens is 238 g/mol. The van der Waals surface area contributed by atoms with Crippen molar-refractivity contribution < 1.29 is 9.72 Å². The maximum absolute atomic E-state index is 10.8. The van der Waals surface area contributed by atoms with E-state index in [0.717, 1.165) is 0 Å². The van der Waals surface area contributed by atoms with E-state index >= 15 is 0 Å². The monoisotopic (exact) mass is 253 g/mol. The highest BCUT2D eigenvalue weighted by Crippen LogP contribution is 2.22. The van der Waals surface area contributed by atoms with Gasteiger partial charge in [0.05, 0.1) is 17.2 Å². The summed E-state index contributed by atoms with van der Waals surface area (Å²) in [6.07, 6.45) is 0. The van der Waals surface area contributed by atoms with E-state index in [1.807, 2.05) is 0 Å². The lowest BCUT2D eigenvalue weighted by Gasteiger charge is -2.16. The van der Waals surface area contributed by atoms with E-state index < -0.39 is 10.8 Å². The van der Waals surface area contributed by atoms with Gasteiger partial charge >= 0.3 is 0 Å². The first-order valence-electron chi connectivity index (χ1n) is 5.15. The molecule has 0 saturated heterocycles. The molecule has 18 heavy (non-hydrogen) atoms. The maximum atomic E-state index is 10.8. The lowest BCUT2D eigenvalue weighted by Crippen LogP contribution is -2.30. The van der Waals surface area contributed by atoms with Crippen LogP contribution < -0.4 is 17.0 Å². The molecule has 0 fully saturated rings. The number of hydrazine groups is 1. The Morgan fingerprint density at radius 2 is 2.22 bits per heavy atom. The number of hydrogen-bond acceptors (Lipinski definition) is 6. The highest BCUT2D eigenvalue weighted by molar-refractivity contribution is 5.75. The molecule has 1 amide bonds. The normalized spacial score (nSPS) is 10.4. The summed E-state index contributed by atoms with van der Waals surface area (Å²) < 4.78 is 0. The number of anilines is 1. The first kappa shape index (κ1) is 13.9. The molecule has 1 rings (SSSR count). The number of benzene rings is 1. The smallest absolute Gasteiger partial charge is 0.269 e. The summed E-state index contributed by atoms with van der Waals surface area (Å²) in [4.78, 5) is 22.6. The number of nitrogen functional groups attached to an aromatic ring is 1. The molecule has 0 radical (unpaired) electrons. The molecule has 0 aromatic heterocycles. The molecule has 8 heteroatoms. The number of nitrogens with two attached hydrogens (primary N) is 2. The van der Waals surface area contributed by atoms with Crippen molar-refractivity contribution in [2.75, 3.05) is 19.0 Å². The predicted octanol–water partition coefficient (Wildman–Crippen LogP) is -0.202. The standard InChI is InChI=1S/C10H15N5O3/c1-14(6-10(11)16)5-7-4-8(15(17)18)2-3-9(7)13-12/h2-4,13H,5-6,12H2,1H3,(H2,11,16). The number of nitro benzene ring substituents is 1. The van der Waals surface area contributed by atoms with Crippen LogP contribution in [0.15, 0.2) is 18.2 Å². The lowest BCUT2D eigenvalue weighted by atomic mass is 10.1. The summed E-state index contributed by atoms with van der Waals surface area (Å²) in [5, 5.41) is 10.7. The van der Waals surface area contributed by atoms with Crippen molar-refractivity contribution in [2.45, 2.75) is 6.54 Å². The van der Waals surface area contributed by atoms with Crippen LogP contribution in [0.3, 0.4) is 0 Å². The number of carbonyl (C=O) groups excluding carboxylic acids is 1. The number of carbonyl (C=O) groups is 1. The molecule has 5 N–H and O–H groups in total. The highest BCUT2D eigenvalue weighted by Gasteiger charge is 2.12. The first-order valence-corrected chi connectivity index (χ1v) is 5.15. The van der Waals surface area contributed by atoms with Crippen molar-refractivity contribution in [3.8, 4) is 0 Å². The Hall–Kier alpha value is -2.19. The van der Waals surface area contributed by atoms with Crippen LogP contribution in [0.4, 0.5) is 11.4 Å². The van der Waals surface area contributed by atoms with Crippen molar-refractivity contribution in [2.24, 2.45) is 11.6 Å². The Kier molecular flexibility index (Phi) is 4.58. The number of non-ortho nitro benzene ring substituents is 1. The Balaban J connectivity index is 2.94. The van der Waals surface area contributed by atoms with Crippen LogP contribution in [0.25, 0.3) is 0 Å². The molecule has 0 atom stereocenters. The van der Waals surface area contributed by atoms with Crippen molar-refractivity contribution in [1.29, 1.82) is 0 Å². The SMILES string of the molecule is CN(CC(N)=O)Cc1cc([N+](=O)[O-])ccc1NN. The molecule has 8 nitrogen and oxygen atoms in total. The fraction of sp³-hybridized carbons (Fsp3) is 0.300. The van der Waals surface area contributed by atoms with Gasteiger partial charge in [0.25, 0.3) is 5.69 Å². The van der Waals surface area contributed by atoms with Crippen LogP contribution in [-0.4, -0.2) is 29.3 Å². The Morgan fingerprint density at radius 3 is 2.72 bits per heavy atom. The number of nitrogens with one attached hydrogen (secondary N) is 1. The molecule has 0 aliphatic heterocycles. The Labute approximate surface area is 104 Å². The molecule has 1 aromatic carbocycles.